The van der Waals surface area contributed by atoms with Gasteiger partial charge in [0.05, 0.1) is 5.69 Å². The first-order valence-electron chi connectivity index (χ1n) is 9.20. The fourth-order valence-electron chi connectivity index (χ4n) is 4.40. The zero-order valence-electron chi connectivity index (χ0n) is 14.5. The fraction of sp³-hybridized carbons (Fsp3) is 0.400. The number of rotatable bonds is 2. The van der Waals surface area contributed by atoms with Gasteiger partial charge in [0.25, 0.3) is 5.91 Å². The number of carbonyl (C=O) groups excluding carboxylic acids is 1. The number of aryl methyl sites for hydroxylation is 4. The highest BCUT2D eigenvalue weighted by Crippen LogP contribution is 2.31. The van der Waals surface area contributed by atoms with Crippen LogP contribution in [0.2, 0.25) is 0 Å². The Morgan fingerprint density at radius 3 is 2.88 bits per heavy atom. The number of aromatic amines is 1. The molecule has 1 amide bonds. The molecule has 0 saturated heterocycles. The SMILES string of the molecule is Cn1nc2c(c1NC(=O)c1ccc3[nH]c4c(c3c1)CCCC4)CCC2. The second kappa shape index (κ2) is 5.48. The first kappa shape index (κ1) is 14.8. The van der Waals surface area contributed by atoms with Crippen molar-refractivity contribution in [2.75, 3.05) is 5.32 Å². The van der Waals surface area contributed by atoms with Crippen LogP contribution in [0.4, 0.5) is 5.82 Å². The monoisotopic (exact) mass is 334 g/mol. The van der Waals surface area contributed by atoms with Crippen molar-refractivity contribution in [3.63, 3.8) is 0 Å². The average Bonchev–Trinajstić information content (AvgIpc) is 3.29. The van der Waals surface area contributed by atoms with Crippen molar-refractivity contribution in [1.29, 1.82) is 0 Å². The van der Waals surface area contributed by atoms with Gasteiger partial charge in [-0.3, -0.25) is 9.48 Å². The Morgan fingerprint density at radius 1 is 1.12 bits per heavy atom. The molecule has 2 aliphatic carbocycles. The van der Waals surface area contributed by atoms with E-state index in [1.807, 2.05) is 25.2 Å². The maximum atomic E-state index is 12.8. The van der Waals surface area contributed by atoms with E-state index >= 15 is 0 Å². The topological polar surface area (TPSA) is 62.7 Å². The summed E-state index contributed by atoms with van der Waals surface area (Å²) in [5.41, 5.74) is 6.95. The standard InChI is InChI=1S/C20H22N4O/c1-24-19(14-6-4-8-18(14)23-24)22-20(25)12-9-10-17-15(11-12)13-5-2-3-7-16(13)21-17/h9-11,21H,2-8H2,1H3,(H,22,25). The van der Waals surface area contributed by atoms with Crippen molar-refractivity contribution >= 4 is 22.6 Å². The van der Waals surface area contributed by atoms with Gasteiger partial charge in [-0.1, -0.05) is 0 Å². The van der Waals surface area contributed by atoms with Crippen LogP contribution < -0.4 is 5.32 Å². The quantitative estimate of drug-likeness (QED) is 0.753. The molecule has 0 saturated carbocycles. The van der Waals surface area contributed by atoms with Gasteiger partial charge in [0.1, 0.15) is 5.82 Å². The summed E-state index contributed by atoms with van der Waals surface area (Å²) in [6.07, 6.45) is 7.85. The van der Waals surface area contributed by atoms with Crippen LogP contribution in [0.1, 0.15) is 52.1 Å². The van der Waals surface area contributed by atoms with Crippen molar-refractivity contribution < 1.29 is 4.79 Å². The summed E-state index contributed by atoms with van der Waals surface area (Å²) >= 11 is 0. The Balaban J connectivity index is 1.49. The molecule has 2 N–H and O–H groups in total. The van der Waals surface area contributed by atoms with E-state index in [1.165, 1.54) is 35.0 Å². The summed E-state index contributed by atoms with van der Waals surface area (Å²) in [6, 6.07) is 5.99. The molecule has 0 spiro atoms. The average molecular weight is 334 g/mol. The highest BCUT2D eigenvalue weighted by Gasteiger charge is 2.23. The molecular weight excluding hydrogens is 312 g/mol. The van der Waals surface area contributed by atoms with Crippen molar-refractivity contribution in [3.05, 3.63) is 46.3 Å². The predicted octanol–water partition coefficient (Wildman–Crippen LogP) is 3.52. The first-order valence-corrected chi connectivity index (χ1v) is 9.20. The Hall–Kier alpha value is -2.56. The van der Waals surface area contributed by atoms with Gasteiger partial charge >= 0.3 is 0 Å². The smallest absolute Gasteiger partial charge is 0.256 e. The number of nitrogens with zero attached hydrogens (tertiary/aromatic N) is 2. The van der Waals surface area contributed by atoms with Crippen molar-refractivity contribution in [3.8, 4) is 0 Å². The summed E-state index contributed by atoms with van der Waals surface area (Å²) in [6.45, 7) is 0. The van der Waals surface area contributed by atoms with Crippen LogP contribution in [0.3, 0.4) is 0 Å². The molecule has 2 heterocycles. The molecule has 25 heavy (non-hydrogen) atoms. The van der Waals surface area contributed by atoms with Gasteiger partial charge < -0.3 is 10.3 Å². The first-order chi connectivity index (χ1) is 12.2. The van der Waals surface area contributed by atoms with Crippen LogP contribution >= 0.6 is 0 Å². The number of aromatic nitrogens is 3. The molecule has 0 aliphatic heterocycles. The number of hydrogen-bond acceptors (Lipinski definition) is 2. The minimum absolute atomic E-state index is 0.0506. The Morgan fingerprint density at radius 2 is 1.96 bits per heavy atom. The van der Waals surface area contributed by atoms with Crippen LogP contribution in [-0.2, 0) is 32.7 Å². The van der Waals surface area contributed by atoms with Gasteiger partial charge in [0.2, 0.25) is 0 Å². The van der Waals surface area contributed by atoms with Gasteiger partial charge in [-0.05, 0) is 68.7 Å². The summed E-state index contributed by atoms with van der Waals surface area (Å²) in [5.74, 6) is 0.805. The molecule has 2 aromatic heterocycles. The third kappa shape index (κ3) is 2.29. The Bertz CT molecular complexity index is 995. The number of hydrogen-bond donors (Lipinski definition) is 2. The van der Waals surface area contributed by atoms with Crippen molar-refractivity contribution in [2.45, 2.75) is 44.9 Å². The van der Waals surface area contributed by atoms with E-state index in [1.54, 1.807) is 4.68 Å². The second-order valence-corrected chi connectivity index (χ2v) is 7.25. The maximum absolute atomic E-state index is 12.8. The van der Waals surface area contributed by atoms with Crippen LogP contribution in [0.15, 0.2) is 18.2 Å². The number of nitrogens with one attached hydrogen (secondary N) is 2. The second-order valence-electron chi connectivity index (χ2n) is 7.25. The van der Waals surface area contributed by atoms with Crippen molar-refractivity contribution in [2.24, 2.45) is 7.05 Å². The Kier molecular flexibility index (Phi) is 3.23. The van der Waals surface area contributed by atoms with Crippen LogP contribution in [-0.4, -0.2) is 20.7 Å². The van der Waals surface area contributed by atoms with Crippen LogP contribution in [0, 0.1) is 0 Å². The highest BCUT2D eigenvalue weighted by molar-refractivity contribution is 6.06. The molecule has 0 fully saturated rings. The van der Waals surface area contributed by atoms with E-state index in [0.717, 1.165) is 49.1 Å². The predicted molar refractivity (Wildman–Crippen MR) is 98.1 cm³/mol. The van der Waals surface area contributed by atoms with Gasteiger partial charge in [-0.15, -0.1) is 0 Å². The lowest BCUT2D eigenvalue weighted by Crippen LogP contribution is -2.15. The molecule has 128 valence electrons. The lowest BCUT2D eigenvalue weighted by atomic mass is 9.95. The number of anilines is 1. The number of amides is 1. The number of benzene rings is 1. The lowest BCUT2D eigenvalue weighted by molar-refractivity contribution is 0.102. The molecule has 5 heteroatoms. The molecule has 5 nitrogen and oxygen atoms in total. The summed E-state index contributed by atoms with van der Waals surface area (Å²) in [4.78, 5) is 16.4. The normalized spacial score (nSPS) is 16.0. The Labute approximate surface area is 146 Å². The van der Waals surface area contributed by atoms with Crippen LogP contribution in [0.5, 0.6) is 0 Å². The number of fused-ring (bicyclic) bond motifs is 4. The van der Waals surface area contributed by atoms with Gasteiger partial charge in [0, 0.05) is 34.8 Å². The van der Waals surface area contributed by atoms with E-state index in [-0.39, 0.29) is 5.91 Å². The number of H-pyrrole nitrogens is 1. The van der Waals surface area contributed by atoms with Gasteiger partial charge in [0.15, 0.2) is 0 Å². The molecule has 3 aromatic rings. The summed E-state index contributed by atoms with van der Waals surface area (Å²) in [7, 11) is 1.90. The zero-order valence-corrected chi connectivity index (χ0v) is 14.5. The molecule has 5 rings (SSSR count). The fourth-order valence-corrected chi connectivity index (χ4v) is 4.40. The summed E-state index contributed by atoms with van der Waals surface area (Å²) in [5, 5.41) is 8.84. The third-order valence-corrected chi connectivity index (χ3v) is 5.66. The molecule has 0 radical (unpaired) electrons. The van der Waals surface area contributed by atoms with E-state index < -0.39 is 0 Å². The molecule has 1 aromatic carbocycles. The van der Waals surface area contributed by atoms with Crippen LogP contribution in [0.25, 0.3) is 10.9 Å². The molecule has 0 atom stereocenters. The highest BCUT2D eigenvalue weighted by atomic mass is 16.1. The van der Waals surface area contributed by atoms with E-state index in [9.17, 15) is 4.79 Å². The number of carbonyl (C=O) groups is 1. The molecule has 0 bridgehead atoms. The zero-order chi connectivity index (χ0) is 17.0. The largest absolute Gasteiger partial charge is 0.358 e. The minimum atomic E-state index is -0.0506. The lowest BCUT2D eigenvalue weighted by Gasteiger charge is -2.11. The third-order valence-electron chi connectivity index (χ3n) is 5.66. The van der Waals surface area contributed by atoms with E-state index in [0.29, 0.717) is 5.56 Å². The van der Waals surface area contributed by atoms with Gasteiger partial charge in [-0.2, -0.15) is 5.10 Å². The van der Waals surface area contributed by atoms with Crippen molar-refractivity contribution in [1.82, 2.24) is 14.8 Å². The molecule has 2 aliphatic rings. The minimum Gasteiger partial charge on any atom is -0.358 e. The van der Waals surface area contributed by atoms with E-state index in [4.69, 9.17) is 0 Å². The van der Waals surface area contributed by atoms with Gasteiger partial charge in [-0.25, -0.2) is 0 Å². The molecule has 0 unspecified atom stereocenters. The molecular formula is C20H22N4O. The van der Waals surface area contributed by atoms with E-state index in [2.05, 4.69) is 15.4 Å². The summed E-state index contributed by atoms with van der Waals surface area (Å²) < 4.78 is 1.80. The maximum Gasteiger partial charge on any atom is 0.256 e.